The van der Waals surface area contributed by atoms with Gasteiger partial charge < -0.3 is 9.88 Å². The van der Waals surface area contributed by atoms with E-state index in [4.69, 9.17) is 12.2 Å². The summed E-state index contributed by atoms with van der Waals surface area (Å²) < 4.78 is 2.52. The van der Waals surface area contributed by atoms with Gasteiger partial charge in [-0.25, -0.2) is 0 Å². The molecule has 0 unspecified atom stereocenters. The first-order chi connectivity index (χ1) is 10.6. The topological polar surface area (TPSA) is 75.6 Å². The van der Waals surface area contributed by atoms with Crippen molar-refractivity contribution < 1.29 is 4.79 Å². The van der Waals surface area contributed by atoms with Gasteiger partial charge in [0, 0.05) is 38.0 Å². The summed E-state index contributed by atoms with van der Waals surface area (Å²) in [5, 5.41) is 9.79. The number of rotatable bonds is 6. The van der Waals surface area contributed by atoms with Crippen molar-refractivity contribution in [2.45, 2.75) is 26.8 Å². The molecule has 0 aromatic carbocycles. The molecule has 1 amide bonds. The number of nitrogens with one attached hydrogen (secondary N) is 2. The number of hydrogen-bond acceptors (Lipinski definition) is 4. The molecule has 0 saturated heterocycles. The Hall–Kier alpha value is -2.28. The average molecular weight is 317 g/mol. The molecule has 0 saturated carbocycles. The molecular weight excluding hydrogens is 298 g/mol. The summed E-state index contributed by atoms with van der Waals surface area (Å²) in [5.74, 6) is 0.731. The minimum absolute atomic E-state index is 0.119. The van der Waals surface area contributed by atoms with Crippen LogP contribution >= 0.6 is 12.2 Å². The van der Waals surface area contributed by atoms with Gasteiger partial charge >= 0.3 is 0 Å². The van der Waals surface area contributed by atoms with E-state index in [2.05, 4.69) is 20.5 Å². The van der Waals surface area contributed by atoms with Gasteiger partial charge in [-0.1, -0.05) is 0 Å². The van der Waals surface area contributed by atoms with E-state index in [0.29, 0.717) is 17.7 Å². The van der Waals surface area contributed by atoms with E-state index in [1.807, 2.05) is 30.5 Å². The van der Waals surface area contributed by atoms with Gasteiger partial charge in [0.15, 0.2) is 4.77 Å². The smallest absolute Gasteiger partial charge is 0.244 e. The van der Waals surface area contributed by atoms with Crippen molar-refractivity contribution in [2.24, 2.45) is 0 Å². The largest absolute Gasteiger partial charge is 0.352 e. The van der Waals surface area contributed by atoms with Gasteiger partial charge in [0.2, 0.25) is 5.91 Å². The summed E-state index contributed by atoms with van der Waals surface area (Å²) in [4.78, 5) is 15.9. The number of nitrogens with zero attached hydrogens (tertiary/aromatic N) is 3. The van der Waals surface area contributed by atoms with Crippen LogP contribution in [0.2, 0.25) is 0 Å². The Kier molecular flexibility index (Phi) is 5.60. The second-order valence-electron chi connectivity index (χ2n) is 4.79. The van der Waals surface area contributed by atoms with Crippen LogP contribution in [0.5, 0.6) is 0 Å². The van der Waals surface area contributed by atoms with Gasteiger partial charge in [-0.2, -0.15) is 5.10 Å². The first kappa shape index (κ1) is 16.1. The number of aromatic amines is 1. The molecule has 7 heteroatoms. The summed E-state index contributed by atoms with van der Waals surface area (Å²) in [6.07, 6.45) is 5.64. The predicted octanol–water partition coefficient (Wildman–Crippen LogP) is 2.12. The molecule has 6 nitrogen and oxygen atoms in total. The Morgan fingerprint density at radius 1 is 1.45 bits per heavy atom. The minimum atomic E-state index is -0.119. The highest BCUT2D eigenvalue weighted by molar-refractivity contribution is 7.71. The van der Waals surface area contributed by atoms with Crippen molar-refractivity contribution in [3.63, 3.8) is 0 Å². The van der Waals surface area contributed by atoms with Crippen LogP contribution in [0.15, 0.2) is 30.6 Å². The molecule has 0 radical (unpaired) electrons. The number of amides is 1. The van der Waals surface area contributed by atoms with Crippen molar-refractivity contribution >= 4 is 23.7 Å². The zero-order valence-electron chi connectivity index (χ0n) is 12.7. The molecule has 0 fully saturated rings. The van der Waals surface area contributed by atoms with Crippen molar-refractivity contribution in [3.05, 3.63) is 46.8 Å². The molecule has 116 valence electrons. The number of allylic oxidation sites excluding steroid dienone is 1. The van der Waals surface area contributed by atoms with Gasteiger partial charge in [0.1, 0.15) is 5.82 Å². The molecule has 22 heavy (non-hydrogen) atoms. The van der Waals surface area contributed by atoms with E-state index < -0.39 is 0 Å². The highest BCUT2D eigenvalue weighted by Gasteiger charge is 2.05. The Balaban J connectivity index is 1.89. The second-order valence-corrected chi connectivity index (χ2v) is 5.18. The zero-order valence-corrected chi connectivity index (χ0v) is 13.5. The minimum Gasteiger partial charge on any atom is -0.352 e. The Bertz CT molecular complexity index is 717. The third-order valence-electron chi connectivity index (χ3n) is 3.28. The van der Waals surface area contributed by atoms with Crippen LogP contribution in [-0.2, 0) is 17.8 Å². The lowest BCUT2D eigenvalue weighted by Crippen LogP contribution is -2.24. The SMILES string of the molecule is CCn1c(CCNC(=O)/C=C(/C)c2ccncc2)n[nH]c1=S. The molecule has 0 spiro atoms. The van der Waals surface area contributed by atoms with Gasteiger partial charge in [-0.15, -0.1) is 0 Å². The van der Waals surface area contributed by atoms with Crippen LogP contribution in [-0.4, -0.2) is 32.2 Å². The molecule has 2 heterocycles. The maximum Gasteiger partial charge on any atom is 0.244 e. The number of carbonyl (C=O) groups excluding carboxylic acids is 1. The molecule has 0 bridgehead atoms. The average Bonchev–Trinajstić information content (AvgIpc) is 2.88. The van der Waals surface area contributed by atoms with Crippen LogP contribution in [0.4, 0.5) is 0 Å². The maximum absolute atomic E-state index is 11.9. The van der Waals surface area contributed by atoms with E-state index in [9.17, 15) is 4.79 Å². The molecule has 0 aliphatic carbocycles. The summed E-state index contributed by atoms with van der Waals surface area (Å²) in [5.41, 5.74) is 1.88. The summed E-state index contributed by atoms with van der Waals surface area (Å²) in [7, 11) is 0. The zero-order chi connectivity index (χ0) is 15.9. The first-order valence-corrected chi connectivity index (χ1v) is 7.53. The van der Waals surface area contributed by atoms with E-state index >= 15 is 0 Å². The van der Waals surface area contributed by atoms with E-state index in [0.717, 1.165) is 23.5 Å². The van der Waals surface area contributed by atoms with Crippen LogP contribution in [0, 0.1) is 4.77 Å². The molecule has 0 aliphatic heterocycles. The fourth-order valence-electron chi connectivity index (χ4n) is 2.11. The molecule has 2 aromatic rings. The van der Waals surface area contributed by atoms with Gasteiger partial charge in [0.05, 0.1) is 0 Å². The van der Waals surface area contributed by atoms with Crippen LogP contribution < -0.4 is 5.32 Å². The second kappa shape index (κ2) is 7.65. The summed E-state index contributed by atoms with van der Waals surface area (Å²) in [6, 6.07) is 3.75. The molecule has 2 N–H and O–H groups in total. The van der Waals surface area contributed by atoms with E-state index in [1.165, 1.54) is 0 Å². The van der Waals surface area contributed by atoms with Crippen molar-refractivity contribution in [3.8, 4) is 0 Å². The lowest BCUT2D eigenvalue weighted by molar-refractivity contribution is -0.116. The predicted molar refractivity (Wildman–Crippen MR) is 87.7 cm³/mol. The van der Waals surface area contributed by atoms with Crippen LogP contribution in [0.25, 0.3) is 5.57 Å². The molecule has 0 aliphatic rings. The molecule has 2 rings (SSSR count). The standard InChI is InChI=1S/C15H19N5OS/c1-3-20-13(18-19-15(20)22)6-9-17-14(21)10-11(2)12-4-7-16-8-5-12/h4-5,7-8,10H,3,6,9H2,1-2H3,(H,17,21)(H,19,22)/b11-10-. The van der Waals surface area contributed by atoms with Gasteiger partial charge in [-0.05, 0) is 49.3 Å². The Labute approximate surface area is 134 Å². The normalized spacial score (nSPS) is 11.5. The van der Waals surface area contributed by atoms with Gasteiger partial charge in [0.25, 0.3) is 0 Å². The van der Waals surface area contributed by atoms with Crippen molar-refractivity contribution in [1.82, 2.24) is 25.1 Å². The molecule has 0 atom stereocenters. The monoisotopic (exact) mass is 317 g/mol. The summed E-state index contributed by atoms with van der Waals surface area (Å²) in [6.45, 7) is 5.18. The lowest BCUT2D eigenvalue weighted by atomic mass is 10.1. The number of aromatic nitrogens is 4. The maximum atomic E-state index is 11.9. The number of carbonyl (C=O) groups is 1. The highest BCUT2D eigenvalue weighted by atomic mass is 32.1. The number of H-pyrrole nitrogens is 1. The Morgan fingerprint density at radius 2 is 2.18 bits per heavy atom. The third kappa shape index (κ3) is 4.11. The quantitative estimate of drug-likeness (QED) is 0.632. The third-order valence-corrected chi connectivity index (χ3v) is 3.60. The summed E-state index contributed by atoms with van der Waals surface area (Å²) >= 11 is 5.13. The van der Waals surface area contributed by atoms with E-state index in [-0.39, 0.29) is 5.91 Å². The Morgan fingerprint density at radius 3 is 2.86 bits per heavy atom. The van der Waals surface area contributed by atoms with Gasteiger partial charge in [-0.3, -0.25) is 14.9 Å². The number of hydrogen-bond donors (Lipinski definition) is 2. The molecular formula is C15H19N5OS. The molecule has 2 aromatic heterocycles. The van der Waals surface area contributed by atoms with Crippen molar-refractivity contribution in [2.75, 3.05) is 6.54 Å². The lowest BCUT2D eigenvalue weighted by Gasteiger charge is -2.05. The number of pyridine rings is 1. The fraction of sp³-hybridized carbons (Fsp3) is 0.333. The first-order valence-electron chi connectivity index (χ1n) is 7.12. The van der Waals surface area contributed by atoms with Crippen molar-refractivity contribution in [1.29, 1.82) is 0 Å². The van der Waals surface area contributed by atoms with E-state index in [1.54, 1.807) is 18.5 Å². The van der Waals surface area contributed by atoms with Crippen LogP contribution in [0.3, 0.4) is 0 Å². The fourth-order valence-corrected chi connectivity index (χ4v) is 2.39. The highest BCUT2D eigenvalue weighted by Crippen LogP contribution is 2.11. The van der Waals surface area contributed by atoms with Crippen LogP contribution in [0.1, 0.15) is 25.2 Å².